The number of rotatable bonds is 4. The second-order valence-corrected chi connectivity index (χ2v) is 5.21. The summed E-state index contributed by atoms with van der Waals surface area (Å²) in [5, 5.41) is 2.94. The van der Waals surface area contributed by atoms with Crippen molar-refractivity contribution in [1.82, 2.24) is 5.32 Å². The lowest BCUT2D eigenvalue weighted by atomic mass is 9.97. The molecule has 1 atom stereocenters. The van der Waals surface area contributed by atoms with Gasteiger partial charge < -0.3 is 14.8 Å². The minimum absolute atomic E-state index is 0.0395. The summed E-state index contributed by atoms with van der Waals surface area (Å²) in [6.07, 6.45) is 0.152. The van der Waals surface area contributed by atoms with Gasteiger partial charge in [0.2, 0.25) is 0 Å². The largest absolute Gasteiger partial charge is 0.493 e. The summed E-state index contributed by atoms with van der Waals surface area (Å²) >= 11 is 0. The summed E-state index contributed by atoms with van der Waals surface area (Å²) in [6, 6.07) is 4.72. The Kier molecular flexibility index (Phi) is 2.30. The molecule has 1 N–H and O–H groups in total. The molecule has 1 aromatic rings. The third kappa shape index (κ3) is 2.77. The van der Waals surface area contributed by atoms with Crippen molar-refractivity contribution in [1.29, 1.82) is 0 Å². The van der Waals surface area contributed by atoms with E-state index < -0.39 is 25.4 Å². The highest BCUT2D eigenvalue weighted by Crippen LogP contribution is 2.36. The van der Waals surface area contributed by atoms with Gasteiger partial charge >= 0.3 is 0 Å². The first-order valence-electron chi connectivity index (χ1n) is 9.95. The fourth-order valence-corrected chi connectivity index (χ4v) is 2.67. The highest BCUT2D eigenvalue weighted by Gasteiger charge is 2.22. The molecule has 3 nitrogen and oxygen atoms in total. The van der Waals surface area contributed by atoms with E-state index in [1.54, 1.807) is 12.1 Å². The molecular weight excluding hydrogens is 250 g/mol. The molecule has 1 aliphatic heterocycles. The Bertz CT molecular complexity index is 697. The summed E-state index contributed by atoms with van der Waals surface area (Å²) in [4.78, 5) is 0. The molecule has 2 aliphatic rings. The quantitative estimate of drug-likeness (QED) is 0.913. The average molecular weight is 279 g/mol. The summed E-state index contributed by atoms with van der Waals surface area (Å²) < 4.78 is 57.8. The molecule has 0 radical (unpaired) electrons. The summed E-state index contributed by atoms with van der Waals surface area (Å²) in [7, 11) is -2.64. The van der Waals surface area contributed by atoms with E-state index in [1.807, 2.05) is 0 Å². The Hall–Kier alpha value is -1.64. The fourth-order valence-electron chi connectivity index (χ4n) is 2.67. The van der Waals surface area contributed by atoms with Crippen LogP contribution < -0.4 is 14.8 Å². The zero-order valence-corrected chi connectivity index (χ0v) is 11.4. The van der Waals surface area contributed by atoms with Crippen LogP contribution in [0.25, 0.3) is 0 Å². The molecule has 3 heteroatoms. The second-order valence-electron chi connectivity index (χ2n) is 5.21. The van der Waals surface area contributed by atoms with Gasteiger partial charge in [-0.25, -0.2) is 0 Å². The number of methoxy groups -OCH3 is 1. The van der Waals surface area contributed by atoms with E-state index in [0.717, 1.165) is 12.8 Å². The molecule has 0 spiro atoms. The monoisotopic (exact) mass is 279 g/mol. The van der Waals surface area contributed by atoms with Crippen LogP contribution in [-0.2, 0) is 0 Å². The number of allylic oxidation sites excluding steroid dienone is 1. The normalized spacial score (nSPS) is 32.0. The van der Waals surface area contributed by atoms with E-state index in [1.165, 1.54) is 6.07 Å². The lowest BCUT2D eigenvalue weighted by molar-refractivity contribution is 0.200. The zero-order chi connectivity index (χ0) is 19.2. The van der Waals surface area contributed by atoms with Gasteiger partial charge in [0.15, 0.2) is 11.5 Å². The van der Waals surface area contributed by atoms with Gasteiger partial charge in [-0.2, -0.15) is 0 Å². The predicted octanol–water partition coefficient (Wildman–Crippen LogP) is 3.61. The van der Waals surface area contributed by atoms with Crippen molar-refractivity contribution in [3.05, 3.63) is 36.0 Å². The number of hydrogen-bond donors (Lipinski definition) is 1. The van der Waals surface area contributed by atoms with Crippen LogP contribution in [0, 0.1) is 0 Å². The van der Waals surface area contributed by atoms with Crippen LogP contribution in [-0.4, -0.2) is 19.7 Å². The third-order valence-corrected chi connectivity index (χ3v) is 3.76. The first-order valence-corrected chi connectivity index (χ1v) is 6.95. The van der Waals surface area contributed by atoms with Crippen molar-refractivity contribution in [3.8, 4) is 11.5 Å². The minimum Gasteiger partial charge on any atom is -0.493 e. The topological polar surface area (TPSA) is 30.5 Å². The number of benzene rings is 1. The molecule has 0 bridgehead atoms. The maximum atomic E-state index is 8.42. The van der Waals surface area contributed by atoms with E-state index in [0.29, 0.717) is 30.6 Å². The molecule has 1 aliphatic carbocycles. The maximum Gasteiger partial charge on any atom is 0.161 e. The van der Waals surface area contributed by atoms with Crippen molar-refractivity contribution >= 4 is 0 Å². The van der Waals surface area contributed by atoms with Crippen molar-refractivity contribution in [3.63, 3.8) is 0 Å². The number of nitrogens with one attached hydrogen (secondary N) is 1. The number of ether oxygens (including phenoxy) is 2. The number of hydrogen-bond acceptors (Lipinski definition) is 3. The van der Waals surface area contributed by atoms with E-state index in [4.69, 9.17) is 17.7 Å². The van der Waals surface area contributed by atoms with E-state index in [-0.39, 0.29) is 11.5 Å². The summed E-state index contributed by atoms with van der Waals surface area (Å²) in [5.74, 6) is -0.272. The predicted molar refractivity (Wildman–Crippen MR) is 80.4 cm³/mol. The van der Waals surface area contributed by atoms with Gasteiger partial charge in [-0.05, 0) is 49.8 Å². The Morgan fingerprint density at radius 1 is 1.40 bits per heavy atom. The van der Waals surface area contributed by atoms with Gasteiger partial charge in [0.25, 0.3) is 0 Å². The first kappa shape index (κ1) is 7.96. The minimum atomic E-state index is -2.64. The van der Waals surface area contributed by atoms with Crippen molar-refractivity contribution in [2.24, 2.45) is 0 Å². The Morgan fingerprint density at radius 3 is 2.95 bits per heavy atom. The smallest absolute Gasteiger partial charge is 0.161 e. The molecule has 2 fully saturated rings. The van der Waals surface area contributed by atoms with Crippen LogP contribution in [0.2, 0.25) is 0 Å². The third-order valence-electron chi connectivity index (χ3n) is 3.76. The Labute approximate surface area is 129 Å². The zero-order valence-electron chi connectivity index (χ0n) is 17.4. The van der Waals surface area contributed by atoms with Crippen LogP contribution in [0.4, 0.5) is 0 Å². The first-order chi connectivity index (χ1) is 12.0. The standard InChI is InChI=1S/C17H23NO2/c1-12-9-14(11-18-12)13-7-8-16(19-2)17(10-13)20-15-5-3-4-6-15/h7-8,10,14-15,18H,1,3-6,9,11H2,2H3/i2D3,9D2,15D. The molecule has 0 aromatic heterocycles. The molecule has 1 heterocycles. The average Bonchev–Trinajstić information content (AvgIpc) is 3.04. The van der Waals surface area contributed by atoms with Gasteiger partial charge in [-0.3, -0.25) is 0 Å². The van der Waals surface area contributed by atoms with E-state index in [9.17, 15) is 0 Å². The lowest BCUT2D eigenvalue weighted by Gasteiger charge is -2.18. The van der Waals surface area contributed by atoms with Crippen LogP contribution >= 0.6 is 0 Å². The van der Waals surface area contributed by atoms with Crippen molar-refractivity contribution in [2.45, 2.75) is 44.1 Å². The van der Waals surface area contributed by atoms with Crippen LogP contribution in [0.15, 0.2) is 30.5 Å². The molecule has 1 saturated carbocycles. The van der Waals surface area contributed by atoms with E-state index >= 15 is 0 Å². The van der Waals surface area contributed by atoms with Gasteiger partial charge in [0, 0.05) is 20.9 Å². The molecular formula is C17H23NO2. The highest BCUT2D eigenvalue weighted by atomic mass is 16.5. The van der Waals surface area contributed by atoms with Crippen molar-refractivity contribution < 1.29 is 17.7 Å². The highest BCUT2D eigenvalue weighted by molar-refractivity contribution is 5.45. The van der Waals surface area contributed by atoms with E-state index in [2.05, 4.69) is 11.9 Å². The van der Waals surface area contributed by atoms with Crippen LogP contribution in [0.5, 0.6) is 11.5 Å². The van der Waals surface area contributed by atoms with Crippen LogP contribution in [0.3, 0.4) is 0 Å². The molecule has 1 saturated heterocycles. The molecule has 3 rings (SSSR count). The Balaban J connectivity index is 1.96. The van der Waals surface area contributed by atoms with Gasteiger partial charge in [-0.1, -0.05) is 12.6 Å². The van der Waals surface area contributed by atoms with Gasteiger partial charge in [0.1, 0.15) is 0 Å². The van der Waals surface area contributed by atoms with Crippen LogP contribution in [0.1, 0.15) is 51.8 Å². The van der Waals surface area contributed by atoms with Crippen molar-refractivity contribution in [2.75, 3.05) is 13.6 Å². The Morgan fingerprint density at radius 2 is 2.25 bits per heavy atom. The second kappa shape index (κ2) is 5.78. The van der Waals surface area contributed by atoms with Gasteiger partial charge in [-0.15, -0.1) is 0 Å². The lowest BCUT2D eigenvalue weighted by Crippen LogP contribution is -2.12. The molecule has 0 amide bonds. The summed E-state index contributed by atoms with van der Waals surface area (Å²) in [6.45, 7) is 4.10. The SMILES string of the molecule is [2H]C([2H])([2H])Oc1ccc(C2CNC(=C)C2([2H])[2H])cc1OC1([2H])CCCC1. The fraction of sp³-hybridized carbons (Fsp3) is 0.529. The molecule has 1 aromatic carbocycles. The summed E-state index contributed by atoms with van der Waals surface area (Å²) in [5.41, 5.74) is 0.969. The maximum absolute atomic E-state index is 8.42. The molecule has 1 unspecified atom stereocenters. The molecule has 20 heavy (non-hydrogen) atoms. The molecule has 108 valence electrons. The van der Waals surface area contributed by atoms with Gasteiger partial charge in [0.05, 0.1) is 18.6 Å².